The first-order valence-electron chi connectivity index (χ1n) is 10.5. The third-order valence-electron chi connectivity index (χ3n) is 6.93. The molecular weight excluding hydrogens is 348 g/mol. The van der Waals surface area contributed by atoms with Gasteiger partial charge in [0.15, 0.2) is 0 Å². The number of benzene rings is 4. The lowest BCUT2D eigenvalue weighted by atomic mass is 9.78. The van der Waals surface area contributed by atoms with E-state index in [4.69, 9.17) is 0 Å². The summed E-state index contributed by atoms with van der Waals surface area (Å²) in [7, 11) is 0. The summed E-state index contributed by atoms with van der Waals surface area (Å²) >= 11 is 0. The maximum Gasteiger partial charge on any atom is 0.0159 e. The summed E-state index contributed by atoms with van der Waals surface area (Å²) in [5, 5.41) is 0. The molecule has 29 heavy (non-hydrogen) atoms. The molecule has 0 aliphatic heterocycles. The van der Waals surface area contributed by atoms with E-state index in [-0.39, 0.29) is 5.41 Å². The van der Waals surface area contributed by atoms with E-state index in [0.717, 1.165) is 6.42 Å². The van der Waals surface area contributed by atoms with Crippen molar-refractivity contribution >= 4 is 0 Å². The van der Waals surface area contributed by atoms with Gasteiger partial charge in [0.1, 0.15) is 0 Å². The van der Waals surface area contributed by atoms with Crippen LogP contribution in [0.3, 0.4) is 0 Å². The smallest absolute Gasteiger partial charge is 0.0159 e. The van der Waals surface area contributed by atoms with Crippen molar-refractivity contribution in [1.29, 1.82) is 0 Å². The highest BCUT2D eigenvalue weighted by molar-refractivity contribution is 5.98. The van der Waals surface area contributed by atoms with E-state index in [9.17, 15) is 0 Å². The second-order valence-electron chi connectivity index (χ2n) is 9.11. The lowest BCUT2D eigenvalue weighted by Crippen LogP contribution is -2.15. The Morgan fingerprint density at radius 3 is 2.17 bits per heavy atom. The Morgan fingerprint density at radius 1 is 0.655 bits per heavy atom. The highest BCUT2D eigenvalue weighted by Gasteiger charge is 2.39. The number of hydrogen-bond donors (Lipinski definition) is 0. The summed E-state index contributed by atoms with van der Waals surface area (Å²) in [6.45, 7) is 6.97. The van der Waals surface area contributed by atoms with Crippen LogP contribution in [0.1, 0.15) is 41.7 Å². The predicted molar refractivity (Wildman–Crippen MR) is 122 cm³/mol. The van der Waals surface area contributed by atoms with Gasteiger partial charge in [0.2, 0.25) is 0 Å². The van der Waals surface area contributed by atoms with Crippen molar-refractivity contribution in [2.45, 2.75) is 32.6 Å². The fourth-order valence-electron chi connectivity index (χ4n) is 5.41. The second kappa shape index (κ2) is 5.70. The van der Waals surface area contributed by atoms with Gasteiger partial charge in [-0.3, -0.25) is 0 Å². The Kier molecular flexibility index (Phi) is 3.30. The maximum atomic E-state index is 2.49. The van der Waals surface area contributed by atoms with Crippen LogP contribution in [-0.2, 0) is 11.8 Å². The van der Waals surface area contributed by atoms with Crippen molar-refractivity contribution in [1.82, 2.24) is 0 Å². The predicted octanol–water partition coefficient (Wildman–Crippen LogP) is 7.54. The standard InChI is InChI=1S/C29H24/c1-18-9-14-22-25(15-18)29(2,3)26-17-23(20-7-5-4-6-8-20)24-16-19-10-12-21(13-11-19)27(24)28(22)26/h4-15,17H,16H2,1-3H3. The minimum absolute atomic E-state index is 0.000683. The highest BCUT2D eigenvalue weighted by atomic mass is 14.4. The summed E-state index contributed by atoms with van der Waals surface area (Å²) in [4.78, 5) is 0. The molecule has 0 radical (unpaired) electrons. The minimum atomic E-state index is 0.000683. The summed E-state index contributed by atoms with van der Waals surface area (Å²) < 4.78 is 0. The molecule has 3 aliphatic rings. The van der Waals surface area contributed by atoms with Gasteiger partial charge in [0.05, 0.1) is 0 Å². The SMILES string of the molecule is Cc1ccc2c(c1)C(C)(C)c1cc(-c3ccccc3)c3c(c1-2)-c1ccc(cc1)C3. The van der Waals surface area contributed by atoms with Crippen molar-refractivity contribution < 1.29 is 0 Å². The largest absolute Gasteiger partial charge is 0.0622 e. The van der Waals surface area contributed by atoms with Crippen molar-refractivity contribution in [3.8, 4) is 33.4 Å². The van der Waals surface area contributed by atoms with Crippen LogP contribution in [0.5, 0.6) is 0 Å². The van der Waals surface area contributed by atoms with Crippen LogP contribution >= 0.6 is 0 Å². The van der Waals surface area contributed by atoms with E-state index in [1.165, 1.54) is 61.2 Å². The monoisotopic (exact) mass is 372 g/mol. The quantitative estimate of drug-likeness (QED) is 0.285. The molecule has 7 rings (SSSR count). The highest BCUT2D eigenvalue weighted by Crippen LogP contribution is 2.55. The van der Waals surface area contributed by atoms with Crippen LogP contribution < -0.4 is 0 Å². The Balaban J connectivity index is 1.78. The van der Waals surface area contributed by atoms with E-state index >= 15 is 0 Å². The normalized spacial score (nSPS) is 14.9. The molecule has 0 heteroatoms. The molecule has 0 heterocycles. The first-order chi connectivity index (χ1) is 14.0. The van der Waals surface area contributed by atoms with Crippen molar-refractivity contribution in [2.24, 2.45) is 0 Å². The first-order valence-corrected chi connectivity index (χ1v) is 10.5. The molecule has 0 saturated carbocycles. The zero-order valence-electron chi connectivity index (χ0n) is 17.2. The van der Waals surface area contributed by atoms with Crippen molar-refractivity contribution in [2.75, 3.05) is 0 Å². The third-order valence-corrected chi connectivity index (χ3v) is 6.93. The van der Waals surface area contributed by atoms with Gasteiger partial charge >= 0.3 is 0 Å². The van der Waals surface area contributed by atoms with E-state index in [2.05, 4.69) is 99.6 Å². The Morgan fingerprint density at radius 2 is 1.41 bits per heavy atom. The average molecular weight is 373 g/mol. The molecule has 4 aromatic carbocycles. The lowest BCUT2D eigenvalue weighted by molar-refractivity contribution is 0.660. The second-order valence-corrected chi connectivity index (χ2v) is 9.11. The molecule has 3 aliphatic carbocycles. The van der Waals surface area contributed by atoms with Gasteiger partial charge in [-0.15, -0.1) is 0 Å². The van der Waals surface area contributed by atoms with Gasteiger partial charge in [-0.1, -0.05) is 92.2 Å². The van der Waals surface area contributed by atoms with Crippen LogP contribution in [-0.4, -0.2) is 0 Å². The fraction of sp³-hybridized carbons (Fsp3) is 0.172. The molecule has 4 aromatic rings. The molecule has 140 valence electrons. The number of rotatable bonds is 1. The van der Waals surface area contributed by atoms with Crippen molar-refractivity contribution in [3.05, 3.63) is 107 Å². The molecule has 0 amide bonds. The van der Waals surface area contributed by atoms with Gasteiger partial charge in [-0.05, 0) is 75.0 Å². The summed E-state index contributed by atoms with van der Waals surface area (Å²) in [5.74, 6) is 0. The van der Waals surface area contributed by atoms with Crippen molar-refractivity contribution in [3.63, 3.8) is 0 Å². The van der Waals surface area contributed by atoms with Crippen LogP contribution in [0.15, 0.2) is 78.9 Å². The van der Waals surface area contributed by atoms with E-state index in [1.807, 2.05) is 0 Å². The Labute approximate surface area is 172 Å². The van der Waals surface area contributed by atoms with Crippen LogP contribution in [0.4, 0.5) is 0 Å². The Hall–Kier alpha value is -3.12. The molecule has 0 spiro atoms. The van der Waals surface area contributed by atoms with Gasteiger partial charge in [0, 0.05) is 5.41 Å². The molecule has 0 nitrogen and oxygen atoms in total. The summed E-state index contributed by atoms with van der Waals surface area (Å²) in [6.07, 6.45) is 0.991. The number of fused-ring (bicyclic) bond motifs is 5. The minimum Gasteiger partial charge on any atom is -0.0622 e. The van der Waals surface area contributed by atoms with Crippen LogP contribution in [0, 0.1) is 6.92 Å². The van der Waals surface area contributed by atoms with Crippen LogP contribution in [0.2, 0.25) is 0 Å². The Bertz CT molecular complexity index is 1270. The topological polar surface area (TPSA) is 0 Å². The molecule has 2 bridgehead atoms. The molecule has 0 atom stereocenters. The summed E-state index contributed by atoms with van der Waals surface area (Å²) in [6, 6.07) is 29.6. The van der Waals surface area contributed by atoms with Crippen LogP contribution in [0.25, 0.3) is 33.4 Å². The van der Waals surface area contributed by atoms with Gasteiger partial charge in [0.25, 0.3) is 0 Å². The molecule has 0 unspecified atom stereocenters. The zero-order valence-corrected chi connectivity index (χ0v) is 17.2. The average Bonchev–Trinajstić information content (AvgIpc) is 2.91. The van der Waals surface area contributed by atoms with Gasteiger partial charge in [-0.2, -0.15) is 0 Å². The number of hydrogen-bond acceptors (Lipinski definition) is 0. The summed E-state index contributed by atoms with van der Waals surface area (Å²) in [5.41, 5.74) is 15.5. The molecule has 0 fully saturated rings. The van der Waals surface area contributed by atoms with Gasteiger partial charge in [-0.25, -0.2) is 0 Å². The van der Waals surface area contributed by atoms with Gasteiger partial charge < -0.3 is 0 Å². The fourth-order valence-corrected chi connectivity index (χ4v) is 5.41. The number of aryl methyl sites for hydroxylation is 1. The molecular formula is C29H24. The molecule has 0 N–H and O–H groups in total. The molecule has 0 saturated heterocycles. The third kappa shape index (κ3) is 2.26. The van der Waals surface area contributed by atoms with E-state index < -0.39 is 0 Å². The molecule has 0 aromatic heterocycles. The zero-order chi connectivity index (χ0) is 19.8. The van der Waals surface area contributed by atoms with E-state index in [1.54, 1.807) is 0 Å². The lowest BCUT2D eigenvalue weighted by Gasteiger charge is -2.25. The first kappa shape index (κ1) is 16.8. The van der Waals surface area contributed by atoms with E-state index in [0.29, 0.717) is 0 Å². The maximum absolute atomic E-state index is 2.49.